The Balaban J connectivity index is 1.95. The van der Waals surface area contributed by atoms with Crippen molar-refractivity contribution in [3.8, 4) is 0 Å². The molecule has 0 saturated carbocycles. The van der Waals surface area contributed by atoms with E-state index in [1.54, 1.807) is 0 Å². The van der Waals surface area contributed by atoms with Gasteiger partial charge in [0.2, 0.25) is 5.76 Å². The van der Waals surface area contributed by atoms with Crippen LogP contribution in [-0.4, -0.2) is 22.5 Å². The zero-order chi connectivity index (χ0) is 16.2. The molecule has 0 aliphatic heterocycles. The number of carbonyl (C=O) groups excluding carboxylic acids is 1. The predicted molar refractivity (Wildman–Crippen MR) is 82.0 cm³/mol. The summed E-state index contributed by atoms with van der Waals surface area (Å²) in [7, 11) is 0. The van der Waals surface area contributed by atoms with E-state index in [2.05, 4.69) is 5.32 Å². The van der Waals surface area contributed by atoms with Gasteiger partial charge in [-0.05, 0) is 44.4 Å². The SMILES string of the molecule is CC(C)(CCc1ccccc1)NC(=O)c1ccc(C(=O)O)o1. The zero-order valence-corrected chi connectivity index (χ0v) is 12.6. The number of aromatic carboxylic acids is 1. The van der Waals surface area contributed by atoms with Crippen LogP contribution in [0, 0.1) is 0 Å². The van der Waals surface area contributed by atoms with Crippen LogP contribution in [0.5, 0.6) is 0 Å². The van der Waals surface area contributed by atoms with E-state index in [1.807, 2.05) is 44.2 Å². The fourth-order valence-corrected chi connectivity index (χ4v) is 2.11. The van der Waals surface area contributed by atoms with E-state index in [0.29, 0.717) is 0 Å². The van der Waals surface area contributed by atoms with Crippen LogP contribution < -0.4 is 5.32 Å². The first-order valence-corrected chi connectivity index (χ1v) is 7.07. The molecule has 0 bridgehead atoms. The van der Waals surface area contributed by atoms with Crippen molar-refractivity contribution in [1.82, 2.24) is 5.32 Å². The molecule has 2 N–H and O–H groups in total. The van der Waals surface area contributed by atoms with Crippen LogP contribution in [0.4, 0.5) is 0 Å². The maximum Gasteiger partial charge on any atom is 0.371 e. The normalized spacial score (nSPS) is 11.2. The van der Waals surface area contributed by atoms with Gasteiger partial charge < -0.3 is 14.8 Å². The summed E-state index contributed by atoms with van der Waals surface area (Å²) in [5.41, 5.74) is 0.777. The van der Waals surface area contributed by atoms with Crippen LogP contribution in [0.2, 0.25) is 0 Å². The Morgan fingerprint density at radius 3 is 2.32 bits per heavy atom. The van der Waals surface area contributed by atoms with E-state index in [1.165, 1.54) is 17.7 Å². The van der Waals surface area contributed by atoms with Gasteiger partial charge in [-0.1, -0.05) is 30.3 Å². The van der Waals surface area contributed by atoms with Crippen LogP contribution in [-0.2, 0) is 6.42 Å². The summed E-state index contributed by atoms with van der Waals surface area (Å²) < 4.78 is 5.00. The van der Waals surface area contributed by atoms with Crippen molar-refractivity contribution >= 4 is 11.9 Å². The summed E-state index contributed by atoms with van der Waals surface area (Å²) in [5, 5.41) is 11.7. The first-order chi connectivity index (χ1) is 10.4. The average Bonchev–Trinajstić information content (AvgIpc) is 2.96. The first-order valence-electron chi connectivity index (χ1n) is 7.07. The highest BCUT2D eigenvalue weighted by Crippen LogP contribution is 2.15. The molecule has 0 radical (unpaired) electrons. The highest BCUT2D eigenvalue weighted by atomic mass is 16.4. The molecule has 22 heavy (non-hydrogen) atoms. The van der Waals surface area contributed by atoms with Crippen molar-refractivity contribution in [3.05, 3.63) is 59.5 Å². The molecule has 0 saturated heterocycles. The Hall–Kier alpha value is -2.56. The van der Waals surface area contributed by atoms with Crippen LogP contribution in [0.1, 0.15) is 46.9 Å². The Morgan fingerprint density at radius 2 is 1.73 bits per heavy atom. The summed E-state index contributed by atoms with van der Waals surface area (Å²) in [5.74, 6) is -1.84. The molecule has 1 heterocycles. The molecule has 116 valence electrons. The lowest BCUT2D eigenvalue weighted by Crippen LogP contribution is -2.43. The number of benzene rings is 1. The molecule has 0 aliphatic carbocycles. The van der Waals surface area contributed by atoms with Crippen molar-refractivity contribution in [2.75, 3.05) is 0 Å². The summed E-state index contributed by atoms with van der Waals surface area (Å²) in [6.45, 7) is 3.85. The van der Waals surface area contributed by atoms with E-state index in [0.717, 1.165) is 12.8 Å². The van der Waals surface area contributed by atoms with E-state index in [9.17, 15) is 9.59 Å². The molecule has 5 heteroatoms. The van der Waals surface area contributed by atoms with Crippen molar-refractivity contribution in [1.29, 1.82) is 0 Å². The Kier molecular flexibility index (Phi) is 4.65. The Bertz CT molecular complexity index is 658. The van der Waals surface area contributed by atoms with E-state index in [-0.39, 0.29) is 11.5 Å². The third kappa shape index (κ3) is 4.22. The molecule has 1 aromatic heterocycles. The van der Waals surface area contributed by atoms with Gasteiger partial charge in [-0.3, -0.25) is 4.79 Å². The number of aryl methyl sites for hydroxylation is 1. The van der Waals surface area contributed by atoms with Crippen molar-refractivity contribution < 1.29 is 19.1 Å². The van der Waals surface area contributed by atoms with Gasteiger partial charge >= 0.3 is 5.97 Å². The largest absolute Gasteiger partial charge is 0.475 e. The molecule has 1 aromatic carbocycles. The number of rotatable bonds is 6. The molecule has 5 nitrogen and oxygen atoms in total. The van der Waals surface area contributed by atoms with Gasteiger partial charge in [-0.25, -0.2) is 4.79 Å². The minimum atomic E-state index is -1.19. The van der Waals surface area contributed by atoms with E-state index in [4.69, 9.17) is 9.52 Å². The van der Waals surface area contributed by atoms with Gasteiger partial charge in [0, 0.05) is 5.54 Å². The van der Waals surface area contributed by atoms with Gasteiger partial charge in [0.15, 0.2) is 5.76 Å². The fraction of sp³-hybridized carbons (Fsp3) is 0.294. The zero-order valence-electron chi connectivity index (χ0n) is 12.6. The third-order valence-electron chi connectivity index (χ3n) is 3.37. The number of amides is 1. The minimum Gasteiger partial charge on any atom is -0.475 e. The summed E-state index contributed by atoms with van der Waals surface area (Å²) in [6, 6.07) is 12.7. The second kappa shape index (κ2) is 6.47. The molecule has 2 rings (SSSR count). The maximum atomic E-state index is 12.1. The molecule has 0 aliphatic rings. The number of hydrogen-bond acceptors (Lipinski definition) is 3. The molecular weight excluding hydrogens is 282 g/mol. The summed E-state index contributed by atoms with van der Waals surface area (Å²) in [6.07, 6.45) is 1.60. The topological polar surface area (TPSA) is 79.5 Å². The molecule has 2 aromatic rings. The van der Waals surface area contributed by atoms with Gasteiger partial charge in [0.25, 0.3) is 5.91 Å². The number of carboxylic acid groups (broad SMARTS) is 1. The lowest BCUT2D eigenvalue weighted by atomic mass is 9.95. The maximum absolute atomic E-state index is 12.1. The van der Waals surface area contributed by atoms with Crippen LogP contribution in [0.15, 0.2) is 46.9 Å². The van der Waals surface area contributed by atoms with Crippen molar-refractivity contribution in [3.63, 3.8) is 0 Å². The standard InChI is InChI=1S/C17H19NO4/c1-17(2,11-10-12-6-4-3-5-7-12)18-15(19)13-8-9-14(22-13)16(20)21/h3-9H,10-11H2,1-2H3,(H,18,19)(H,20,21). The Morgan fingerprint density at radius 1 is 1.09 bits per heavy atom. The minimum absolute atomic E-state index is 0.00480. The first kappa shape index (κ1) is 15.8. The second-order valence-corrected chi connectivity index (χ2v) is 5.79. The molecule has 0 atom stereocenters. The number of hydrogen-bond donors (Lipinski definition) is 2. The number of nitrogens with one attached hydrogen (secondary N) is 1. The molecular formula is C17H19NO4. The van der Waals surface area contributed by atoms with Gasteiger partial charge in [-0.2, -0.15) is 0 Å². The number of furan rings is 1. The summed E-state index contributed by atoms with van der Waals surface area (Å²) in [4.78, 5) is 22.9. The lowest BCUT2D eigenvalue weighted by molar-refractivity contribution is 0.0659. The van der Waals surface area contributed by atoms with Gasteiger partial charge in [-0.15, -0.1) is 0 Å². The Labute approximate surface area is 129 Å². The second-order valence-electron chi connectivity index (χ2n) is 5.79. The smallest absolute Gasteiger partial charge is 0.371 e. The average molecular weight is 301 g/mol. The monoisotopic (exact) mass is 301 g/mol. The molecule has 1 amide bonds. The predicted octanol–water partition coefficient (Wildman–Crippen LogP) is 3.12. The quantitative estimate of drug-likeness (QED) is 0.859. The highest BCUT2D eigenvalue weighted by molar-refractivity contribution is 5.93. The van der Waals surface area contributed by atoms with Crippen molar-refractivity contribution in [2.24, 2.45) is 0 Å². The van der Waals surface area contributed by atoms with Crippen molar-refractivity contribution in [2.45, 2.75) is 32.2 Å². The third-order valence-corrected chi connectivity index (χ3v) is 3.37. The summed E-state index contributed by atoms with van der Waals surface area (Å²) >= 11 is 0. The lowest BCUT2D eigenvalue weighted by Gasteiger charge is -2.25. The van der Waals surface area contributed by atoms with Crippen LogP contribution in [0.25, 0.3) is 0 Å². The molecule has 0 fully saturated rings. The van der Waals surface area contributed by atoms with E-state index < -0.39 is 17.4 Å². The van der Waals surface area contributed by atoms with Crippen LogP contribution >= 0.6 is 0 Å². The molecule has 0 spiro atoms. The van der Waals surface area contributed by atoms with Gasteiger partial charge in [0.05, 0.1) is 0 Å². The van der Waals surface area contributed by atoms with Crippen LogP contribution in [0.3, 0.4) is 0 Å². The number of carboxylic acids is 1. The molecule has 0 unspecified atom stereocenters. The fourth-order valence-electron chi connectivity index (χ4n) is 2.11. The highest BCUT2D eigenvalue weighted by Gasteiger charge is 2.23. The number of carbonyl (C=O) groups is 2. The van der Waals surface area contributed by atoms with E-state index >= 15 is 0 Å². The van der Waals surface area contributed by atoms with Gasteiger partial charge in [0.1, 0.15) is 0 Å².